The molecular formula is C45H90. The maximum atomic E-state index is 3.81. The van der Waals surface area contributed by atoms with Gasteiger partial charge in [0.05, 0.1) is 0 Å². The summed E-state index contributed by atoms with van der Waals surface area (Å²) in [6, 6.07) is 0. The zero-order valence-electron chi connectivity index (χ0n) is 32.0. The van der Waals surface area contributed by atoms with Crippen molar-refractivity contribution in [1.82, 2.24) is 0 Å². The summed E-state index contributed by atoms with van der Waals surface area (Å²) < 4.78 is 0. The summed E-state index contributed by atoms with van der Waals surface area (Å²) in [5.41, 5.74) is 0. The first-order chi connectivity index (χ1) is 22.4. The molecule has 0 aromatic rings. The quantitative estimate of drug-likeness (QED) is 0.0465. The van der Waals surface area contributed by atoms with Gasteiger partial charge in [-0.2, -0.15) is 0 Å². The summed E-state index contributed by atoms with van der Waals surface area (Å²) in [6.45, 7) is 6.12. The van der Waals surface area contributed by atoms with Crippen molar-refractivity contribution in [2.75, 3.05) is 0 Å². The van der Waals surface area contributed by atoms with Crippen LogP contribution in [0.1, 0.15) is 277 Å². The molecule has 270 valence electrons. The summed E-state index contributed by atoms with van der Waals surface area (Å²) in [5.74, 6) is 0. The van der Waals surface area contributed by atoms with Gasteiger partial charge in [0.2, 0.25) is 0 Å². The number of allylic oxidation sites excluding steroid dienone is 1. The molecule has 0 spiro atoms. The molecule has 0 aromatic carbocycles. The molecule has 0 rings (SSSR count). The molecule has 0 saturated carbocycles. The van der Waals surface area contributed by atoms with Crippen LogP contribution in [0.5, 0.6) is 0 Å². The molecule has 0 fully saturated rings. The van der Waals surface area contributed by atoms with Crippen LogP contribution in [0.2, 0.25) is 0 Å². The van der Waals surface area contributed by atoms with Gasteiger partial charge in [0.25, 0.3) is 0 Å². The van der Waals surface area contributed by atoms with Crippen molar-refractivity contribution in [2.45, 2.75) is 277 Å². The van der Waals surface area contributed by atoms with Crippen LogP contribution in [0.25, 0.3) is 0 Å². The summed E-state index contributed by atoms with van der Waals surface area (Å²) >= 11 is 0. The Balaban J connectivity index is 3.03. The van der Waals surface area contributed by atoms with Gasteiger partial charge in [0.1, 0.15) is 0 Å². The Hall–Kier alpha value is -0.260. The summed E-state index contributed by atoms with van der Waals surface area (Å²) in [4.78, 5) is 0. The lowest BCUT2D eigenvalue weighted by atomic mass is 10.0. The molecule has 0 aromatic heterocycles. The van der Waals surface area contributed by atoms with Crippen LogP contribution in [-0.4, -0.2) is 0 Å². The topological polar surface area (TPSA) is 0 Å². The molecule has 0 heterocycles. The van der Waals surface area contributed by atoms with Gasteiger partial charge < -0.3 is 0 Å². The molecule has 0 unspecified atom stereocenters. The fourth-order valence-corrected chi connectivity index (χ4v) is 7.26. The molecule has 0 aliphatic rings. The van der Waals surface area contributed by atoms with Gasteiger partial charge in [0.15, 0.2) is 0 Å². The molecule has 0 aliphatic heterocycles. The lowest BCUT2D eigenvalue weighted by molar-refractivity contribution is 0.509. The third kappa shape index (κ3) is 43.7. The van der Waals surface area contributed by atoms with E-state index in [9.17, 15) is 0 Å². The number of hydrogen-bond acceptors (Lipinski definition) is 0. The Morgan fingerprint density at radius 1 is 0.222 bits per heavy atom. The third-order valence-electron chi connectivity index (χ3n) is 10.5. The lowest BCUT2D eigenvalue weighted by Gasteiger charge is -2.05. The molecule has 0 saturated heterocycles. The van der Waals surface area contributed by atoms with E-state index in [1.54, 1.807) is 0 Å². The van der Waals surface area contributed by atoms with Gasteiger partial charge in [-0.3, -0.25) is 0 Å². The highest BCUT2D eigenvalue weighted by Crippen LogP contribution is 2.18. The Morgan fingerprint density at radius 2 is 0.356 bits per heavy atom. The first-order valence-electron chi connectivity index (χ1n) is 22.0. The van der Waals surface area contributed by atoms with Crippen LogP contribution in [0.3, 0.4) is 0 Å². The molecule has 0 N–H and O–H groups in total. The highest BCUT2D eigenvalue weighted by molar-refractivity contribution is 4.65. The maximum absolute atomic E-state index is 3.81. The van der Waals surface area contributed by atoms with Gasteiger partial charge in [-0.1, -0.05) is 270 Å². The first kappa shape index (κ1) is 44.7. The fraction of sp³-hybridized carbons (Fsp3) is 0.956. The fourth-order valence-electron chi connectivity index (χ4n) is 7.26. The van der Waals surface area contributed by atoms with E-state index < -0.39 is 0 Å². The van der Waals surface area contributed by atoms with E-state index in [2.05, 4.69) is 19.6 Å². The molecule has 45 heavy (non-hydrogen) atoms. The number of hydrogen-bond donors (Lipinski definition) is 0. The Kier molecular flexibility index (Phi) is 43.5. The zero-order valence-corrected chi connectivity index (χ0v) is 32.0. The smallest absolute Gasteiger partial charge is 0.0353 e. The largest absolute Gasteiger partial charge is 0.103 e. The van der Waals surface area contributed by atoms with Gasteiger partial charge >= 0.3 is 0 Å². The molecule has 0 nitrogen and oxygen atoms in total. The Bertz CT molecular complexity index is 492. The maximum Gasteiger partial charge on any atom is -0.0353 e. The zero-order chi connectivity index (χ0) is 32.4. The Labute approximate surface area is 288 Å². The van der Waals surface area contributed by atoms with Gasteiger partial charge in [-0.15, -0.1) is 6.58 Å². The highest BCUT2D eigenvalue weighted by atomic mass is 14.0. The SMILES string of the molecule is C=CCCCCCCCCCCCCCCCCCCCCCCCCCCCCCCCCCCCCCCCCCCC. The predicted octanol–water partition coefficient (Wildman–Crippen LogP) is 17.6. The van der Waals surface area contributed by atoms with Gasteiger partial charge in [-0.05, 0) is 12.8 Å². The monoisotopic (exact) mass is 631 g/mol. The van der Waals surface area contributed by atoms with Crippen molar-refractivity contribution < 1.29 is 0 Å². The standard InChI is InChI=1S/C45H90/c1-3-5-7-9-11-13-15-17-19-21-23-25-27-29-31-33-35-37-39-41-43-45-44-42-40-38-36-34-32-30-28-26-24-22-20-18-16-14-12-10-8-6-4-2/h3H,1,4-45H2,2H3. The molecular weight excluding hydrogens is 540 g/mol. The lowest BCUT2D eigenvalue weighted by Crippen LogP contribution is -1.85. The van der Waals surface area contributed by atoms with Crippen LogP contribution in [0.4, 0.5) is 0 Å². The van der Waals surface area contributed by atoms with E-state index >= 15 is 0 Å². The van der Waals surface area contributed by atoms with Crippen LogP contribution in [0.15, 0.2) is 12.7 Å². The van der Waals surface area contributed by atoms with Crippen molar-refractivity contribution >= 4 is 0 Å². The van der Waals surface area contributed by atoms with E-state index in [1.165, 1.54) is 270 Å². The van der Waals surface area contributed by atoms with E-state index in [-0.39, 0.29) is 0 Å². The van der Waals surface area contributed by atoms with Crippen molar-refractivity contribution in [3.05, 3.63) is 12.7 Å². The van der Waals surface area contributed by atoms with Crippen molar-refractivity contribution in [1.29, 1.82) is 0 Å². The van der Waals surface area contributed by atoms with Gasteiger partial charge in [-0.25, -0.2) is 0 Å². The predicted molar refractivity (Wildman–Crippen MR) is 210 cm³/mol. The van der Waals surface area contributed by atoms with Crippen LogP contribution >= 0.6 is 0 Å². The van der Waals surface area contributed by atoms with Crippen molar-refractivity contribution in [3.63, 3.8) is 0 Å². The van der Waals surface area contributed by atoms with E-state index in [0.717, 1.165) is 0 Å². The minimum atomic E-state index is 1.21. The summed E-state index contributed by atoms with van der Waals surface area (Å²) in [5, 5.41) is 0. The van der Waals surface area contributed by atoms with Crippen LogP contribution in [-0.2, 0) is 0 Å². The van der Waals surface area contributed by atoms with E-state index in [4.69, 9.17) is 0 Å². The second-order valence-electron chi connectivity index (χ2n) is 15.2. The Morgan fingerprint density at radius 3 is 0.489 bits per heavy atom. The van der Waals surface area contributed by atoms with Crippen molar-refractivity contribution in [3.8, 4) is 0 Å². The average Bonchev–Trinajstić information content (AvgIpc) is 3.05. The molecule has 0 radical (unpaired) electrons. The normalized spacial score (nSPS) is 11.5. The minimum absolute atomic E-state index is 1.21. The second kappa shape index (κ2) is 43.7. The molecule has 0 bridgehead atoms. The van der Waals surface area contributed by atoms with E-state index in [1.807, 2.05) is 0 Å². The molecule has 0 atom stereocenters. The van der Waals surface area contributed by atoms with Crippen molar-refractivity contribution in [2.24, 2.45) is 0 Å². The summed E-state index contributed by atoms with van der Waals surface area (Å²) in [7, 11) is 0. The molecule has 0 amide bonds. The molecule has 0 aliphatic carbocycles. The number of unbranched alkanes of at least 4 members (excludes halogenated alkanes) is 41. The average molecular weight is 631 g/mol. The number of rotatable bonds is 42. The second-order valence-corrected chi connectivity index (χ2v) is 15.2. The van der Waals surface area contributed by atoms with Crippen LogP contribution in [0, 0.1) is 0 Å². The van der Waals surface area contributed by atoms with Crippen LogP contribution < -0.4 is 0 Å². The van der Waals surface area contributed by atoms with E-state index in [0.29, 0.717) is 0 Å². The molecule has 0 heteroatoms. The summed E-state index contributed by atoms with van der Waals surface area (Å²) in [6.07, 6.45) is 63.9. The minimum Gasteiger partial charge on any atom is -0.103 e. The third-order valence-corrected chi connectivity index (χ3v) is 10.5. The highest BCUT2D eigenvalue weighted by Gasteiger charge is 1.98. The first-order valence-corrected chi connectivity index (χ1v) is 22.0. The van der Waals surface area contributed by atoms with Gasteiger partial charge in [0, 0.05) is 0 Å².